The van der Waals surface area contributed by atoms with Crippen molar-refractivity contribution in [3.63, 3.8) is 0 Å². The van der Waals surface area contributed by atoms with Crippen molar-refractivity contribution in [2.24, 2.45) is 5.73 Å². The Morgan fingerprint density at radius 3 is 3.24 bits per heavy atom. The third kappa shape index (κ3) is 2.61. The number of imidazole rings is 1. The average molecular weight is 305 g/mol. The van der Waals surface area contributed by atoms with Crippen LogP contribution in [-0.2, 0) is 9.53 Å². The van der Waals surface area contributed by atoms with E-state index in [0.29, 0.717) is 19.4 Å². The fourth-order valence-corrected chi connectivity index (χ4v) is 3.68. The van der Waals surface area contributed by atoms with Gasteiger partial charge in [0.2, 0.25) is 0 Å². The molecule has 1 fully saturated rings. The van der Waals surface area contributed by atoms with E-state index in [9.17, 15) is 4.79 Å². The smallest absolute Gasteiger partial charge is 0.326 e. The van der Waals surface area contributed by atoms with Gasteiger partial charge in [-0.1, -0.05) is 6.07 Å². The lowest BCUT2D eigenvalue weighted by Gasteiger charge is -2.22. The Kier molecular flexibility index (Phi) is 3.82. The van der Waals surface area contributed by atoms with Crippen LogP contribution in [-0.4, -0.2) is 27.7 Å². The van der Waals surface area contributed by atoms with E-state index in [-0.39, 0.29) is 12.0 Å². The molecule has 2 unspecified atom stereocenters. The lowest BCUT2D eigenvalue weighted by molar-refractivity contribution is -0.149. The van der Waals surface area contributed by atoms with Crippen LogP contribution in [0.2, 0.25) is 0 Å². The number of nitrogens with two attached hydrogens (primary N) is 1. The highest BCUT2D eigenvalue weighted by Gasteiger charge is 2.44. The summed E-state index contributed by atoms with van der Waals surface area (Å²) in [6.45, 7) is 2.17. The Morgan fingerprint density at radius 1 is 1.67 bits per heavy atom. The highest BCUT2D eigenvalue weighted by atomic mass is 32.1. The molecular weight excluding hydrogens is 286 g/mol. The monoisotopic (exact) mass is 305 g/mol. The first-order chi connectivity index (χ1) is 10.1. The molecule has 1 aliphatic carbocycles. The van der Waals surface area contributed by atoms with Crippen LogP contribution < -0.4 is 5.73 Å². The fraction of sp³-hybridized carbons (Fsp3) is 0.467. The summed E-state index contributed by atoms with van der Waals surface area (Å²) in [5.74, 6) is 0.661. The molecule has 1 aliphatic rings. The molecule has 0 aliphatic heterocycles. The largest absolute Gasteiger partial charge is 0.465 e. The Balaban J connectivity index is 1.81. The van der Waals surface area contributed by atoms with Crippen molar-refractivity contribution in [1.29, 1.82) is 0 Å². The summed E-state index contributed by atoms with van der Waals surface area (Å²) in [4.78, 5) is 17.6. The number of rotatable bonds is 4. The summed E-state index contributed by atoms with van der Waals surface area (Å²) in [7, 11) is 0. The van der Waals surface area contributed by atoms with Crippen molar-refractivity contribution in [1.82, 2.24) is 9.55 Å². The molecule has 5 nitrogen and oxygen atoms in total. The Bertz CT molecular complexity index is 623. The molecule has 112 valence electrons. The first kappa shape index (κ1) is 14.3. The Labute approximate surface area is 127 Å². The van der Waals surface area contributed by atoms with Gasteiger partial charge in [0.15, 0.2) is 0 Å². The van der Waals surface area contributed by atoms with Crippen LogP contribution in [0.4, 0.5) is 0 Å². The zero-order valence-corrected chi connectivity index (χ0v) is 12.8. The van der Waals surface area contributed by atoms with Crippen molar-refractivity contribution in [2.75, 3.05) is 6.61 Å². The molecule has 2 heterocycles. The molecule has 2 N–H and O–H groups in total. The summed E-state index contributed by atoms with van der Waals surface area (Å²) in [6.07, 6.45) is 5.88. The average Bonchev–Trinajstić information content (AvgIpc) is 3.18. The lowest BCUT2D eigenvalue weighted by Crippen LogP contribution is -2.46. The third-order valence-corrected chi connectivity index (χ3v) is 4.87. The molecule has 3 rings (SSSR count). The first-order valence-electron chi connectivity index (χ1n) is 7.17. The molecule has 6 heteroatoms. The molecule has 0 saturated heterocycles. The molecule has 0 spiro atoms. The molecule has 0 aromatic carbocycles. The number of nitrogens with zero attached hydrogens (tertiary/aromatic N) is 2. The maximum Gasteiger partial charge on any atom is 0.326 e. The number of esters is 1. The van der Waals surface area contributed by atoms with Crippen molar-refractivity contribution < 1.29 is 9.53 Å². The van der Waals surface area contributed by atoms with E-state index in [1.807, 2.05) is 17.6 Å². The minimum absolute atomic E-state index is 0.194. The van der Waals surface area contributed by atoms with Crippen LogP contribution >= 0.6 is 11.3 Å². The van der Waals surface area contributed by atoms with Gasteiger partial charge in [0, 0.05) is 18.4 Å². The number of hydrogen-bond donors (Lipinski definition) is 1. The van der Waals surface area contributed by atoms with E-state index < -0.39 is 5.54 Å². The third-order valence-electron chi connectivity index (χ3n) is 4.01. The van der Waals surface area contributed by atoms with E-state index in [2.05, 4.69) is 15.6 Å². The second-order valence-corrected chi connectivity index (χ2v) is 6.36. The van der Waals surface area contributed by atoms with Crippen LogP contribution in [0.25, 0.3) is 10.7 Å². The normalized spacial score (nSPS) is 25.1. The van der Waals surface area contributed by atoms with Crippen LogP contribution in [0.3, 0.4) is 0 Å². The van der Waals surface area contributed by atoms with Crippen molar-refractivity contribution in [3.05, 3.63) is 29.9 Å². The second-order valence-electron chi connectivity index (χ2n) is 5.41. The van der Waals surface area contributed by atoms with Gasteiger partial charge in [-0.15, -0.1) is 11.3 Å². The summed E-state index contributed by atoms with van der Waals surface area (Å²) < 4.78 is 7.25. The Morgan fingerprint density at radius 2 is 2.52 bits per heavy atom. The topological polar surface area (TPSA) is 70.1 Å². The number of thiophene rings is 1. The van der Waals surface area contributed by atoms with E-state index in [4.69, 9.17) is 10.5 Å². The summed E-state index contributed by atoms with van der Waals surface area (Å²) in [5.41, 5.74) is 5.38. The maximum absolute atomic E-state index is 12.0. The van der Waals surface area contributed by atoms with Crippen LogP contribution in [0.1, 0.15) is 32.2 Å². The van der Waals surface area contributed by atoms with Crippen molar-refractivity contribution >= 4 is 17.3 Å². The number of carbonyl (C=O) groups excluding carboxylic acids is 1. The lowest BCUT2D eigenvalue weighted by atomic mass is 9.99. The second kappa shape index (κ2) is 5.61. The SMILES string of the molecule is CCOC(=O)C1(N)CCC(n2ccnc2-c2cccs2)C1. The van der Waals surface area contributed by atoms with E-state index in [0.717, 1.165) is 17.1 Å². The predicted molar refractivity (Wildman–Crippen MR) is 82.0 cm³/mol. The molecule has 2 atom stereocenters. The summed E-state index contributed by atoms with van der Waals surface area (Å²) in [5, 5.41) is 2.04. The number of ether oxygens (including phenoxy) is 1. The quantitative estimate of drug-likeness (QED) is 0.881. The molecule has 21 heavy (non-hydrogen) atoms. The fourth-order valence-electron chi connectivity index (χ4n) is 2.95. The Hall–Kier alpha value is -1.66. The summed E-state index contributed by atoms with van der Waals surface area (Å²) >= 11 is 1.66. The van der Waals surface area contributed by atoms with Crippen molar-refractivity contribution in [3.8, 4) is 10.7 Å². The molecular formula is C15H19N3O2S. The van der Waals surface area contributed by atoms with Gasteiger partial charge in [0.1, 0.15) is 11.4 Å². The van der Waals surface area contributed by atoms with Gasteiger partial charge in [-0.2, -0.15) is 0 Å². The molecule has 1 saturated carbocycles. The minimum Gasteiger partial charge on any atom is -0.465 e. The molecule has 0 radical (unpaired) electrons. The maximum atomic E-state index is 12.0. The number of carbonyl (C=O) groups is 1. The number of aromatic nitrogens is 2. The minimum atomic E-state index is -0.863. The standard InChI is InChI=1S/C15H19N3O2S/c1-2-20-14(19)15(16)6-5-11(10-15)18-8-7-17-13(18)12-4-3-9-21-12/h3-4,7-9,11H,2,5-6,10,16H2,1H3. The van der Waals surface area contributed by atoms with Gasteiger partial charge in [-0.25, -0.2) is 4.98 Å². The van der Waals surface area contributed by atoms with Gasteiger partial charge in [-0.3, -0.25) is 4.79 Å². The van der Waals surface area contributed by atoms with Crippen molar-refractivity contribution in [2.45, 2.75) is 37.8 Å². The zero-order chi connectivity index (χ0) is 14.9. The highest BCUT2D eigenvalue weighted by molar-refractivity contribution is 7.13. The van der Waals surface area contributed by atoms with Crippen LogP contribution in [0, 0.1) is 0 Å². The highest BCUT2D eigenvalue weighted by Crippen LogP contribution is 2.39. The van der Waals surface area contributed by atoms with E-state index in [1.54, 1.807) is 24.5 Å². The van der Waals surface area contributed by atoms with Crippen LogP contribution in [0.5, 0.6) is 0 Å². The molecule has 2 aromatic rings. The molecule has 2 aromatic heterocycles. The van der Waals surface area contributed by atoms with Gasteiger partial charge < -0.3 is 15.0 Å². The number of hydrogen-bond acceptors (Lipinski definition) is 5. The zero-order valence-electron chi connectivity index (χ0n) is 12.0. The van der Waals surface area contributed by atoms with E-state index in [1.165, 1.54) is 0 Å². The predicted octanol–water partition coefficient (Wildman–Crippen LogP) is 2.60. The van der Waals surface area contributed by atoms with Gasteiger partial charge in [0.25, 0.3) is 0 Å². The van der Waals surface area contributed by atoms with Gasteiger partial charge >= 0.3 is 5.97 Å². The molecule has 0 bridgehead atoms. The van der Waals surface area contributed by atoms with Crippen LogP contribution in [0.15, 0.2) is 29.9 Å². The summed E-state index contributed by atoms with van der Waals surface area (Å²) in [6, 6.07) is 4.26. The van der Waals surface area contributed by atoms with Gasteiger partial charge in [-0.05, 0) is 37.6 Å². The van der Waals surface area contributed by atoms with E-state index >= 15 is 0 Å². The molecule has 0 amide bonds. The van der Waals surface area contributed by atoms with Gasteiger partial charge in [0.05, 0.1) is 11.5 Å². The first-order valence-corrected chi connectivity index (χ1v) is 8.05.